The van der Waals surface area contributed by atoms with E-state index in [0.717, 1.165) is 12.8 Å². The minimum Gasteiger partial charge on any atom is -1.00 e. The van der Waals surface area contributed by atoms with Crippen LogP contribution in [-0.4, -0.2) is 23.0 Å². The van der Waals surface area contributed by atoms with Crippen molar-refractivity contribution in [2.45, 2.75) is 110 Å². The van der Waals surface area contributed by atoms with Gasteiger partial charge >= 0.3 is 35.5 Å². The normalized spacial score (nSPS) is 11.8. The van der Waals surface area contributed by atoms with Crippen LogP contribution in [0.25, 0.3) is 0 Å². The minimum atomic E-state index is -0.951. The van der Waals surface area contributed by atoms with Crippen LogP contribution in [0.5, 0.6) is 0 Å². The second kappa shape index (κ2) is 18.7. The molecule has 0 heterocycles. The zero-order valence-electron chi connectivity index (χ0n) is 18.1. The van der Waals surface area contributed by atoms with Crippen LogP contribution in [0.4, 0.5) is 0 Å². The number of rotatable bonds is 16. The molecule has 1 atom stereocenters. The molecule has 144 valence electrons. The standard InChI is InChI=1S/C20H39NO3.Na.H/c1-4-5-6-7-8-9-10-11-12-13-14-15-16-18(22)21-19(17(2)3)20(23)24;;/h17,19H,4-16H2,1-3H3,(H,21,22)(H,23,24);;/q;+1;-1/t19-;;/m0../s1. The average molecular weight is 366 g/mol. The molecule has 0 unspecified atom stereocenters. The summed E-state index contributed by atoms with van der Waals surface area (Å²) in [6, 6.07) is -0.769. The summed E-state index contributed by atoms with van der Waals surface area (Å²) in [6.07, 6.45) is 15.6. The van der Waals surface area contributed by atoms with Crippen LogP contribution in [0.1, 0.15) is 106 Å². The van der Waals surface area contributed by atoms with E-state index in [4.69, 9.17) is 5.11 Å². The van der Waals surface area contributed by atoms with Crippen molar-refractivity contribution in [2.75, 3.05) is 0 Å². The van der Waals surface area contributed by atoms with Gasteiger partial charge in [0.15, 0.2) is 0 Å². The molecule has 0 aromatic heterocycles. The van der Waals surface area contributed by atoms with Crippen molar-refractivity contribution in [2.24, 2.45) is 5.92 Å². The molecular formula is C20H40NNaO3. The molecule has 0 saturated carbocycles. The van der Waals surface area contributed by atoms with Crippen LogP contribution in [0, 0.1) is 5.92 Å². The van der Waals surface area contributed by atoms with Gasteiger partial charge in [-0.2, -0.15) is 0 Å². The number of hydrogen-bond donors (Lipinski definition) is 2. The molecule has 0 aliphatic heterocycles. The summed E-state index contributed by atoms with van der Waals surface area (Å²) in [6.45, 7) is 5.87. The van der Waals surface area contributed by atoms with Crippen molar-refractivity contribution in [1.29, 1.82) is 0 Å². The van der Waals surface area contributed by atoms with Gasteiger partial charge in [0.1, 0.15) is 6.04 Å². The Bertz CT molecular complexity index is 341. The van der Waals surface area contributed by atoms with Gasteiger partial charge < -0.3 is 11.8 Å². The van der Waals surface area contributed by atoms with Gasteiger partial charge in [-0.15, -0.1) is 0 Å². The first-order valence-electron chi connectivity index (χ1n) is 10.0. The van der Waals surface area contributed by atoms with Gasteiger partial charge in [-0.25, -0.2) is 4.79 Å². The summed E-state index contributed by atoms with van der Waals surface area (Å²) in [7, 11) is 0. The summed E-state index contributed by atoms with van der Waals surface area (Å²) < 4.78 is 0. The monoisotopic (exact) mass is 365 g/mol. The first kappa shape index (κ1) is 27.2. The summed E-state index contributed by atoms with van der Waals surface area (Å²) in [5.41, 5.74) is 0. The fraction of sp³-hybridized carbons (Fsp3) is 0.900. The number of carboxylic acids is 1. The first-order valence-corrected chi connectivity index (χ1v) is 10.0. The Labute approximate surface area is 178 Å². The topological polar surface area (TPSA) is 66.4 Å². The third kappa shape index (κ3) is 17.1. The largest absolute Gasteiger partial charge is 1.00 e. The maximum Gasteiger partial charge on any atom is 1.00 e. The number of carbonyl (C=O) groups is 2. The first-order chi connectivity index (χ1) is 11.5. The predicted octanol–water partition coefficient (Wildman–Crippen LogP) is 2.42. The van der Waals surface area contributed by atoms with E-state index in [1.807, 2.05) is 13.8 Å². The number of aliphatic carboxylic acids is 1. The van der Waals surface area contributed by atoms with E-state index in [0.29, 0.717) is 6.42 Å². The van der Waals surface area contributed by atoms with Crippen molar-refractivity contribution in [3.8, 4) is 0 Å². The van der Waals surface area contributed by atoms with Gasteiger partial charge in [-0.1, -0.05) is 91.4 Å². The number of amides is 1. The van der Waals surface area contributed by atoms with Crippen LogP contribution >= 0.6 is 0 Å². The minimum absolute atomic E-state index is 0. The second-order valence-corrected chi connectivity index (χ2v) is 7.27. The second-order valence-electron chi connectivity index (χ2n) is 7.27. The summed E-state index contributed by atoms with van der Waals surface area (Å²) in [5, 5.41) is 11.7. The Kier molecular flexibility index (Phi) is 20.3. The molecular weight excluding hydrogens is 325 g/mol. The Morgan fingerprint density at radius 3 is 1.60 bits per heavy atom. The molecule has 0 aromatic carbocycles. The Morgan fingerprint density at radius 2 is 1.24 bits per heavy atom. The van der Waals surface area contributed by atoms with Crippen molar-refractivity contribution in [3.63, 3.8) is 0 Å². The molecule has 2 N–H and O–H groups in total. The van der Waals surface area contributed by atoms with Gasteiger partial charge in [0.2, 0.25) is 5.91 Å². The van der Waals surface area contributed by atoms with E-state index in [-0.39, 0.29) is 42.8 Å². The van der Waals surface area contributed by atoms with Crippen LogP contribution in [0.3, 0.4) is 0 Å². The van der Waals surface area contributed by atoms with Crippen molar-refractivity contribution < 1.29 is 45.7 Å². The van der Waals surface area contributed by atoms with E-state index < -0.39 is 12.0 Å². The maximum absolute atomic E-state index is 11.8. The molecule has 0 radical (unpaired) electrons. The smallest absolute Gasteiger partial charge is 1.00 e. The maximum atomic E-state index is 11.8. The number of unbranched alkanes of at least 4 members (excludes halogenated alkanes) is 11. The molecule has 0 aliphatic carbocycles. The number of carboxylic acid groups (broad SMARTS) is 1. The van der Waals surface area contributed by atoms with Gasteiger partial charge in [-0.05, 0) is 12.3 Å². The fourth-order valence-electron chi connectivity index (χ4n) is 2.89. The number of carbonyl (C=O) groups excluding carboxylic acids is 1. The van der Waals surface area contributed by atoms with E-state index >= 15 is 0 Å². The molecule has 0 aliphatic rings. The Hall–Kier alpha value is -0.0600. The molecule has 0 saturated heterocycles. The zero-order chi connectivity index (χ0) is 18.2. The molecule has 0 bridgehead atoms. The van der Waals surface area contributed by atoms with Gasteiger partial charge in [0.25, 0.3) is 0 Å². The Morgan fingerprint density at radius 1 is 0.840 bits per heavy atom. The van der Waals surface area contributed by atoms with E-state index in [1.165, 1.54) is 64.2 Å². The molecule has 5 heteroatoms. The van der Waals surface area contributed by atoms with E-state index in [2.05, 4.69) is 12.2 Å². The zero-order valence-corrected chi connectivity index (χ0v) is 19.1. The average Bonchev–Trinajstić information content (AvgIpc) is 2.53. The van der Waals surface area contributed by atoms with Crippen molar-refractivity contribution in [3.05, 3.63) is 0 Å². The third-order valence-electron chi connectivity index (χ3n) is 4.51. The van der Waals surface area contributed by atoms with Crippen LogP contribution in [0.15, 0.2) is 0 Å². The fourth-order valence-corrected chi connectivity index (χ4v) is 2.89. The predicted molar refractivity (Wildman–Crippen MR) is 101 cm³/mol. The van der Waals surface area contributed by atoms with Crippen molar-refractivity contribution >= 4 is 11.9 Å². The van der Waals surface area contributed by atoms with Crippen LogP contribution in [0.2, 0.25) is 0 Å². The van der Waals surface area contributed by atoms with Crippen LogP contribution in [-0.2, 0) is 9.59 Å². The quantitative estimate of drug-likeness (QED) is 0.326. The summed E-state index contributed by atoms with van der Waals surface area (Å²) in [5.74, 6) is -1.18. The summed E-state index contributed by atoms with van der Waals surface area (Å²) >= 11 is 0. The van der Waals surface area contributed by atoms with Crippen LogP contribution < -0.4 is 34.9 Å². The SMILES string of the molecule is CCCCCCCCCCCCCCC(=O)N[C@H](C(=O)O)C(C)C.[H-].[Na+]. The molecule has 0 rings (SSSR count). The van der Waals surface area contributed by atoms with E-state index in [1.54, 1.807) is 0 Å². The molecule has 4 nitrogen and oxygen atoms in total. The van der Waals surface area contributed by atoms with Crippen molar-refractivity contribution in [1.82, 2.24) is 5.32 Å². The molecule has 0 spiro atoms. The molecule has 0 aromatic rings. The van der Waals surface area contributed by atoms with Gasteiger partial charge in [-0.3, -0.25) is 4.79 Å². The van der Waals surface area contributed by atoms with E-state index in [9.17, 15) is 9.59 Å². The van der Waals surface area contributed by atoms with Gasteiger partial charge in [0.05, 0.1) is 0 Å². The number of hydrogen-bond acceptors (Lipinski definition) is 2. The molecule has 1 amide bonds. The number of nitrogens with one attached hydrogen (secondary N) is 1. The molecule has 0 fully saturated rings. The Balaban J connectivity index is -0.00000264. The molecule has 25 heavy (non-hydrogen) atoms. The summed E-state index contributed by atoms with van der Waals surface area (Å²) in [4.78, 5) is 22.8. The third-order valence-corrected chi connectivity index (χ3v) is 4.51. The van der Waals surface area contributed by atoms with Gasteiger partial charge in [0, 0.05) is 6.42 Å².